The molecular formula is C9H18N2O2. The van der Waals surface area contributed by atoms with Crippen LogP contribution in [0.2, 0.25) is 0 Å². The van der Waals surface area contributed by atoms with Crippen molar-refractivity contribution in [3.63, 3.8) is 0 Å². The second-order valence-corrected chi connectivity index (χ2v) is 3.50. The predicted molar refractivity (Wildman–Crippen MR) is 52.2 cm³/mol. The summed E-state index contributed by atoms with van der Waals surface area (Å²) >= 11 is 0. The van der Waals surface area contributed by atoms with E-state index >= 15 is 0 Å². The monoisotopic (exact) mass is 186 g/mol. The lowest BCUT2D eigenvalue weighted by molar-refractivity contribution is -0.138. The van der Waals surface area contributed by atoms with E-state index in [0.29, 0.717) is 5.70 Å². The van der Waals surface area contributed by atoms with Crippen LogP contribution in [0.1, 0.15) is 20.8 Å². The highest BCUT2D eigenvalue weighted by Crippen LogP contribution is 2.05. The van der Waals surface area contributed by atoms with E-state index < -0.39 is 12.0 Å². The molecule has 0 aromatic heterocycles. The smallest absolute Gasteiger partial charge is 0.325 e. The first-order valence-corrected chi connectivity index (χ1v) is 4.30. The quantitative estimate of drug-likeness (QED) is 0.586. The van der Waals surface area contributed by atoms with Gasteiger partial charge in [-0.25, -0.2) is 0 Å². The van der Waals surface area contributed by atoms with Crippen molar-refractivity contribution in [1.82, 2.24) is 5.32 Å². The van der Waals surface area contributed by atoms with Gasteiger partial charge in [-0.2, -0.15) is 0 Å². The summed E-state index contributed by atoms with van der Waals surface area (Å²) in [6.07, 6.45) is 0. The summed E-state index contributed by atoms with van der Waals surface area (Å²) in [4.78, 5) is 10.5. The molecule has 4 heteroatoms. The average Bonchev–Trinajstić information content (AvgIpc) is 2.02. The van der Waals surface area contributed by atoms with Crippen LogP contribution in [0.3, 0.4) is 0 Å². The second kappa shape index (κ2) is 4.87. The third-order valence-corrected chi connectivity index (χ3v) is 1.89. The summed E-state index contributed by atoms with van der Waals surface area (Å²) in [6, 6.07) is -0.848. The number of hydrogen-bond acceptors (Lipinski definition) is 3. The van der Waals surface area contributed by atoms with E-state index in [-0.39, 0.29) is 12.0 Å². The summed E-state index contributed by atoms with van der Waals surface area (Å²) in [5.74, 6) is -0.655. The molecule has 76 valence electrons. The van der Waals surface area contributed by atoms with Gasteiger partial charge in [0.15, 0.2) is 0 Å². The van der Waals surface area contributed by atoms with Crippen LogP contribution in [-0.4, -0.2) is 23.2 Å². The maximum Gasteiger partial charge on any atom is 0.325 e. The van der Waals surface area contributed by atoms with E-state index in [4.69, 9.17) is 10.8 Å². The number of carbonyl (C=O) groups is 1. The standard InChI is InChI=1S/C9H18N2O2/c1-5(2)8(10)6(3)11-7(4)9(12)13/h5,7-8,11H,3,10H2,1-2,4H3,(H,12,13). The minimum Gasteiger partial charge on any atom is -0.480 e. The number of hydrogen-bond donors (Lipinski definition) is 3. The molecule has 13 heavy (non-hydrogen) atoms. The Bertz CT molecular complexity index is 202. The zero-order chi connectivity index (χ0) is 10.6. The van der Waals surface area contributed by atoms with E-state index in [2.05, 4.69) is 11.9 Å². The zero-order valence-electron chi connectivity index (χ0n) is 8.37. The van der Waals surface area contributed by atoms with E-state index in [1.165, 1.54) is 0 Å². The topological polar surface area (TPSA) is 75.3 Å². The van der Waals surface area contributed by atoms with Crippen molar-refractivity contribution in [3.8, 4) is 0 Å². The largest absolute Gasteiger partial charge is 0.480 e. The van der Waals surface area contributed by atoms with Crippen LogP contribution in [0.4, 0.5) is 0 Å². The lowest BCUT2D eigenvalue weighted by Gasteiger charge is -2.21. The molecule has 0 rings (SSSR count). The number of carboxylic acid groups (broad SMARTS) is 1. The van der Waals surface area contributed by atoms with Gasteiger partial charge in [0.25, 0.3) is 0 Å². The van der Waals surface area contributed by atoms with Crippen LogP contribution in [0, 0.1) is 5.92 Å². The summed E-state index contributed by atoms with van der Waals surface area (Å²) in [7, 11) is 0. The number of carboxylic acids is 1. The Balaban J connectivity index is 4.08. The molecule has 0 saturated heterocycles. The molecule has 0 amide bonds. The lowest BCUT2D eigenvalue weighted by Crippen LogP contribution is -2.41. The van der Waals surface area contributed by atoms with Gasteiger partial charge in [-0.15, -0.1) is 0 Å². The molecule has 2 atom stereocenters. The Kier molecular flexibility index (Phi) is 4.48. The maximum atomic E-state index is 10.5. The van der Waals surface area contributed by atoms with Crippen LogP contribution in [-0.2, 0) is 4.79 Å². The van der Waals surface area contributed by atoms with Crippen molar-refractivity contribution >= 4 is 5.97 Å². The molecule has 0 heterocycles. The molecular weight excluding hydrogens is 168 g/mol. The maximum absolute atomic E-state index is 10.5. The van der Waals surface area contributed by atoms with Crippen LogP contribution >= 0.6 is 0 Å². The number of aliphatic carboxylic acids is 1. The molecule has 0 aromatic rings. The molecule has 0 aliphatic heterocycles. The van der Waals surface area contributed by atoms with Crippen LogP contribution in [0.15, 0.2) is 12.3 Å². The molecule has 0 aliphatic carbocycles. The van der Waals surface area contributed by atoms with Crippen molar-refractivity contribution in [2.75, 3.05) is 0 Å². The van der Waals surface area contributed by atoms with Gasteiger partial charge in [0.05, 0.1) is 0 Å². The normalized spacial score (nSPS) is 15.2. The minimum absolute atomic E-state index is 0.207. The molecule has 4 nitrogen and oxygen atoms in total. The first-order valence-electron chi connectivity index (χ1n) is 4.30. The van der Waals surface area contributed by atoms with Crippen LogP contribution in [0.5, 0.6) is 0 Å². The van der Waals surface area contributed by atoms with Crippen LogP contribution < -0.4 is 11.1 Å². The van der Waals surface area contributed by atoms with E-state index in [1.807, 2.05) is 13.8 Å². The summed E-state index contributed by atoms with van der Waals surface area (Å²) < 4.78 is 0. The molecule has 4 N–H and O–H groups in total. The number of nitrogens with two attached hydrogens (primary N) is 1. The van der Waals surface area contributed by atoms with E-state index in [0.717, 1.165) is 0 Å². The highest BCUT2D eigenvalue weighted by atomic mass is 16.4. The summed E-state index contributed by atoms with van der Waals surface area (Å²) in [6.45, 7) is 9.18. The Morgan fingerprint density at radius 1 is 1.46 bits per heavy atom. The van der Waals surface area contributed by atoms with Crippen molar-refractivity contribution in [2.45, 2.75) is 32.9 Å². The average molecular weight is 186 g/mol. The number of rotatable bonds is 5. The van der Waals surface area contributed by atoms with Gasteiger partial charge in [-0.3, -0.25) is 4.79 Å². The van der Waals surface area contributed by atoms with Gasteiger partial charge >= 0.3 is 5.97 Å². The lowest BCUT2D eigenvalue weighted by atomic mass is 10.0. The summed E-state index contributed by atoms with van der Waals surface area (Å²) in [5.41, 5.74) is 6.33. The fourth-order valence-corrected chi connectivity index (χ4v) is 0.838. The van der Waals surface area contributed by atoms with E-state index in [1.54, 1.807) is 6.92 Å². The molecule has 0 radical (unpaired) electrons. The first-order chi connectivity index (χ1) is 5.86. The molecule has 2 unspecified atom stereocenters. The van der Waals surface area contributed by atoms with Crippen molar-refractivity contribution in [3.05, 3.63) is 12.3 Å². The highest BCUT2D eigenvalue weighted by molar-refractivity contribution is 5.73. The third-order valence-electron chi connectivity index (χ3n) is 1.89. The highest BCUT2D eigenvalue weighted by Gasteiger charge is 2.16. The first kappa shape index (κ1) is 12.0. The Hall–Kier alpha value is -1.03. The van der Waals surface area contributed by atoms with Gasteiger partial charge < -0.3 is 16.2 Å². The van der Waals surface area contributed by atoms with Crippen molar-refractivity contribution < 1.29 is 9.90 Å². The summed E-state index contributed by atoms with van der Waals surface area (Å²) in [5, 5.41) is 11.3. The second-order valence-electron chi connectivity index (χ2n) is 3.50. The minimum atomic E-state index is -0.905. The number of nitrogens with one attached hydrogen (secondary N) is 1. The van der Waals surface area contributed by atoms with Crippen molar-refractivity contribution in [1.29, 1.82) is 0 Å². The molecule has 0 aromatic carbocycles. The molecule has 0 saturated carbocycles. The third kappa shape index (κ3) is 3.94. The molecule has 0 spiro atoms. The fourth-order valence-electron chi connectivity index (χ4n) is 0.838. The van der Waals surface area contributed by atoms with Crippen molar-refractivity contribution in [2.24, 2.45) is 11.7 Å². The fraction of sp³-hybridized carbons (Fsp3) is 0.667. The van der Waals surface area contributed by atoms with Gasteiger partial charge in [0.2, 0.25) is 0 Å². The van der Waals surface area contributed by atoms with Gasteiger partial charge in [-0.1, -0.05) is 20.4 Å². The zero-order valence-corrected chi connectivity index (χ0v) is 8.37. The Labute approximate surface area is 78.8 Å². The molecule has 0 bridgehead atoms. The molecule has 0 fully saturated rings. The predicted octanol–water partition coefficient (Wildman–Crippen LogP) is 0.546. The van der Waals surface area contributed by atoms with Crippen LogP contribution in [0.25, 0.3) is 0 Å². The van der Waals surface area contributed by atoms with Gasteiger partial charge in [-0.05, 0) is 12.8 Å². The Morgan fingerprint density at radius 2 is 1.92 bits per heavy atom. The van der Waals surface area contributed by atoms with Gasteiger partial charge in [0, 0.05) is 11.7 Å². The Morgan fingerprint density at radius 3 is 2.23 bits per heavy atom. The molecule has 0 aliphatic rings. The SMILES string of the molecule is C=C(NC(C)C(=O)O)C(N)C(C)C. The van der Waals surface area contributed by atoms with Gasteiger partial charge in [0.1, 0.15) is 6.04 Å². The van der Waals surface area contributed by atoms with E-state index in [9.17, 15) is 4.79 Å².